The fourth-order valence-corrected chi connectivity index (χ4v) is 1.75. The second kappa shape index (κ2) is 4.82. The molecule has 1 N–H and O–H groups in total. The molecule has 0 aliphatic carbocycles. The summed E-state index contributed by atoms with van der Waals surface area (Å²) in [5.41, 5.74) is 2.11. The first-order chi connectivity index (χ1) is 8.16. The summed E-state index contributed by atoms with van der Waals surface area (Å²) in [6, 6.07) is 8.04. The molecule has 88 valence electrons. The Morgan fingerprint density at radius 2 is 2.29 bits per heavy atom. The lowest BCUT2D eigenvalue weighted by molar-refractivity contribution is -0.119. The summed E-state index contributed by atoms with van der Waals surface area (Å²) in [6.45, 7) is 3.49. The maximum absolute atomic E-state index is 11.0. The first kappa shape index (κ1) is 11.4. The second-order valence-corrected chi connectivity index (χ2v) is 3.99. The first-order valence-corrected chi connectivity index (χ1v) is 5.52. The minimum absolute atomic E-state index is 0.0102. The molecule has 1 aromatic carbocycles. The zero-order chi connectivity index (χ0) is 12.3. The lowest BCUT2D eigenvalue weighted by Crippen LogP contribution is -2.23. The number of hydrogen-bond acceptors (Lipinski definition) is 2. The topological polar surface area (TPSA) is 46.9 Å². The minimum atomic E-state index is -0.0227. The monoisotopic (exact) mass is 229 g/mol. The van der Waals surface area contributed by atoms with Gasteiger partial charge in [-0.1, -0.05) is 12.1 Å². The number of carbonyl (C=O) groups is 1. The SMILES string of the molecule is CC(=O)NC(C)c1cccc(-n2ccnc2)c1. The number of carbonyl (C=O) groups excluding carboxylic acids is 1. The van der Waals surface area contributed by atoms with Gasteiger partial charge in [-0.3, -0.25) is 4.79 Å². The van der Waals surface area contributed by atoms with Crippen molar-refractivity contribution in [2.24, 2.45) is 0 Å². The predicted octanol–water partition coefficient (Wildman–Crippen LogP) is 2.07. The number of aromatic nitrogens is 2. The van der Waals surface area contributed by atoms with E-state index in [4.69, 9.17) is 0 Å². The normalized spacial score (nSPS) is 12.1. The summed E-state index contributed by atoms with van der Waals surface area (Å²) >= 11 is 0. The van der Waals surface area contributed by atoms with Crippen LogP contribution in [0.1, 0.15) is 25.5 Å². The fourth-order valence-electron chi connectivity index (χ4n) is 1.75. The highest BCUT2D eigenvalue weighted by Crippen LogP contribution is 2.16. The molecule has 1 amide bonds. The van der Waals surface area contributed by atoms with E-state index in [0.717, 1.165) is 11.3 Å². The van der Waals surface area contributed by atoms with Crippen molar-refractivity contribution in [1.29, 1.82) is 0 Å². The Morgan fingerprint density at radius 1 is 1.47 bits per heavy atom. The van der Waals surface area contributed by atoms with Gasteiger partial charge in [0.15, 0.2) is 0 Å². The lowest BCUT2D eigenvalue weighted by atomic mass is 10.1. The van der Waals surface area contributed by atoms with Crippen LogP contribution in [0, 0.1) is 0 Å². The molecule has 0 radical (unpaired) electrons. The van der Waals surface area contributed by atoms with Gasteiger partial charge >= 0.3 is 0 Å². The Hall–Kier alpha value is -2.10. The molecule has 0 saturated carbocycles. The summed E-state index contributed by atoms with van der Waals surface area (Å²) < 4.78 is 1.93. The minimum Gasteiger partial charge on any atom is -0.350 e. The Morgan fingerprint density at radius 3 is 2.94 bits per heavy atom. The molecule has 0 aliphatic rings. The third-order valence-corrected chi connectivity index (χ3v) is 2.59. The van der Waals surface area contributed by atoms with Gasteiger partial charge in [0.25, 0.3) is 0 Å². The van der Waals surface area contributed by atoms with Gasteiger partial charge in [-0.2, -0.15) is 0 Å². The van der Waals surface area contributed by atoms with Crippen molar-refractivity contribution in [3.05, 3.63) is 48.5 Å². The Labute approximate surface area is 100 Å². The molecule has 0 aliphatic heterocycles. The number of nitrogens with zero attached hydrogens (tertiary/aromatic N) is 2. The fraction of sp³-hybridized carbons (Fsp3) is 0.231. The smallest absolute Gasteiger partial charge is 0.217 e. The van der Waals surface area contributed by atoms with Crippen molar-refractivity contribution in [3.63, 3.8) is 0 Å². The van der Waals surface area contributed by atoms with Crippen LogP contribution in [0.5, 0.6) is 0 Å². The van der Waals surface area contributed by atoms with E-state index in [1.807, 2.05) is 42.0 Å². The van der Waals surface area contributed by atoms with Gasteiger partial charge in [-0.05, 0) is 24.6 Å². The molecule has 4 nitrogen and oxygen atoms in total. The van der Waals surface area contributed by atoms with Crippen molar-refractivity contribution in [3.8, 4) is 5.69 Å². The highest BCUT2D eigenvalue weighted by Gasteiger charge is 2.07. The molecule has 0 spiro atoms. The molecule has 1 heterocycles. The van der Waals surface area contributed by atoms with Gasteiger partial charge in [0, 0.05) is 25.0 Å². The van der Waals surface area contributed by atoms with Crippen LogP contribution in [0.2, 0.25) is 0 Å². The lowest BCUT2D eigenvalue weighted by Gasteiger charge is -2.14. The average Bonchev–Trinajstić information content (AvgIpc) is 2.82. The van der Waals surface area contributed by atoms with Crippen molar-refractivity contribution in [2.45, 2.75) is 19.9 Å². The van der Waals surface area contributed by atoms with E-state index in [2.05, 4.69) is 10.3 Å². The van der Waals surface area contributed by atoms with Gasteiger partial charge in [0.1, 0.15) is 0 Å². The second-order valence-electron chi connectivity index (χ2n) is 3.99. The zero-order valence-corrected chi connectivity index (χ0v) is 9.92. The molecule has 2 aromatic rings. The summed E-state index contributed by atoms with van der Waals surface area (Å²) in [5, 5.41) is 2.87. The zero-order valence-electron chi connectivity index (χ0n) is 9.92. The molecule has 0 saturated heterocycles. The van der Waals surface area contributed by atoms with Crippen molar-refractivity contribution >= 4 is 5.91 Å². The standard InChI is InChI=1S/C13H15N3O/c1-10(15-11(2)17)12-4-3-5-13(8-12)16-7-6-14-9-16/h3-10H,1-2H3,(H,15,17). The van der Waals surface area contributed by atoms with Crippen LogP contribution in [0.3, 0.4) is 0 Å². The van der Waals surface area contributed by atoms with Crippen LogP contribution < -0.4 is 5.32 Å². The van der Waals surface area contributed by atoms with Gasteiger partial charge < -0.3 is 9.88 Å². The van der Waals surface area contributed by atoms with E-state index in [1.54, 1.807) is 12.5 Å². The van der Waals surface area contributed by atoms with Gasteiger partial charge in [0.05, 0.1) is 12.4 Å². The largest absolute Gasteiger partial charge is 0.350 e. The Kier molecular flexibility index (Phi) is 3.23. The number of amides is 1. The number of rotatable bonds is 3. The number of hydrogen-bond donors (Lipinski definition) is 1. The molecule has 1 atom stereocenters. The number of imidazole rings is 1. The van der Waals surface area contributed by atoms with E-state index in [0.29, 0.717) is 0 Å². The highest BCUT2D eigenvalue weighted by molar-refractivity contribution is 5.73. The van der Waals surface area contributed by atoms with Crippen molar-refractivity contribution < 1.29 is 4.79 Å². The summed E-state index contributed by atoms with van der Waals surface area (Å²) in [6.07, 6.45) is 5.38. The summed E-state index contributed by atoms with van der Waals surface area (Å²) in [4.78, 5) is 15.0. The maximum atomic E-state index is 11.0. The summed E-state index contributed by atoms with van der Waals surface area (Å²) in [5.74, 6) is -0.0227. The van der Waals surface area contributed by atoms with Crippen LogP contribution in [-0.2, 0) is 4.79 Å². The Bertz CT molecular complexity index is 505. The number of nitrogens with one attached hydrogen (secondary N) is 1. The third kappa shape index (κ3) is 2.72. The Balaban J connectivity index is 2.25. The van der Waals surface area contributed by atoms with Crippen LogP contribution in [0.15, 0.2) is 43.0 Å². The molecule has 0 bridgehead atoms. The van der Waals surface area contributed by atoms with E-state index in [-0.39, 0.29) is 11.9 Å². The van der Waals surface area contributed by atoms with Gasteiger partial charge in [-0.15, -0.1) is 0 Å². The molecule has 0 fully saturated rings. The van der Waals surface area contributed by atoms with Crippen LogP contribution in [0.4, 0.5) is 0 Å². The van der Waals surface area contributed by atoms with E-state index in [1.165, 1.54) is 6.92 Å². The van der Waals surface area contributed by atoms with Crippen molar-refractivity contribution in [1.82, 2.24) is 14.9 Å². The van der Waals surface area contributed by atoms with E-state index >= 15 is 0 Å². The van der Waals surface area contributed by atoms with E-state index < -0.39 is 0 Å². The van der Waals surface area contributed by atoms with Crippen LogP contribution in [0.25, 0.3) is 5.69 Å². The summed E-state index contributed by atoms with van der Waals surface area (Å²) in [7, 11) is 0. The third-order valence-electron chi connectivity index (χ3n) is 2.59. The molecule has 1 aromatic heterocycles. The molecular weight excluding hydrogens is 214 g/mol. The van der Waals surface area contributed by atoms with Crippen LogP contribution in [-0.4, -0.2) is 15.5 Å². The number of benzene rings is 1. The molecule has 1 unspecified atom stereocenters. The molecule has 2 rings (SSSR count). The van der Waals surface area contributed by atoms with Gasteiger partial charge in [0.2, 0.25) is 5.91 Å². The molecule has 4 heteroatoms. The maximum Gasteiger partial charge on any atom is 0.217 e. The highest BCUT2D eigenvalue weighted by atomic mass is 16.1. The van der Waals surface area contributed by atoms with E-state index in [9.17, 15) is 4.79 Å². The van der Waals surface area contributed by atoms with Crippen LogP contribution >= 0.6 is 0 Å². The first-order valence-electron chi connectivity index (χ1n) is 5.52. The molecular formula is C13H15N3O. The van der Waals surface area contributed by atoms with Crippen molar-refractivity contribution in [2.75, 3.05) is 0 Å². The molecule has 17 heavy (non-hydrogen) atoms. The predicted molar refractivity (Wildman–Crippen MR) is 65.8 cm³/mol. The average molecular weight is 229 g/mol. The quantitative estimate of drug-likeness (QED) is 0.875. The van der Waals surface area contributed by atoms with Gasteiger partial charge in [-0.25, -0.2) is 4.98 Å².